The van der Waals surface area contributed by atoms with Gasteiger partial charge in [0.1, 0.15) is 5.82 Å². The number of unbranched alkanes of at least 4 members (excludes halogenated alkanes) is 1. The first-order chi connectivity index (χ1) is 10.2. The van der Waals surface area contributed by atoms with Gasteiger partial charge in [-0.05, 0) is 18.6 Å². The van der Waals surface area contributed by atoms with Gasteiger partial charge in [0.2, 0.25) is 0 Å². The first kappa shape index (κ1) is 17.9. The average molecular weight is 298 g/mol. The van der Waals surface area contributed by atoms with Gasteiger partial charge in [0.05, 0.1) is 13.2 Å². The lowest BCUT2D eigenvalue weighted by Gasteiger charge is -2.26. The number of aliphatic hydroxyl groups is 1. The van der Waals surface area contributed by atoms with E-state index in [2.05, 4.69) is 17.1 Å². The van der Waals surface area contributed by atoms with Crippen molar-refractivity contribution in [1.82, 2.24) is 5.32 Å². The van der Waals surface area contributed by atoms with Crippen LogP contribution in [-0.4, -0.2) is 45.1 Å². The number of anilines is 1. The molecule has 0 fully saturated rings. The number of hydrogen-bond acceptors (Lipinski definition) is 4. The van der Waals surface area contributed by atoms with Crippen LogP contribution in [0.1, 0.15) is 25.3 Å². The summed E-state index contributed by atoms with van der Waals surface area (Å²) in [6.45, 7) is 5.27. The number of benzene rings is 1. The summed E-state index contributed by atoms with van der Waals surface area (Å²) in [4.78, 5) is 2.06. The van der Waals surface area contributed by atoms with E-state index in [1.165, 1.54) is 6.07 Å². The standard InChI is InChI=1S/C16H27FN2O2/c1-3-4-9-19(10-11-20)16-7-5-6-15(17)14(16)13-18-8-12-21-2/h5-7,18,20H,3-4,8-13H2,1-2H3. The minimum atomic E-state index is -0.211. The molecule has 0 radical (unpaired) electrons. The molecule has 0 amide bonds. The van der Waals surface area contributed by atoms with Gasteiger partial charge in [-0.1, -0.05) is 19.4 Å². The maximum absolute atomic E-state index is 14.1. The molecule has 1 aromatic carbocycles. The van der Waals surface area contributed by atoms with Gasteiger partial charge in [0, 0.05) is 44.5 Å². The monoisotopic (exact) mass is 298 g/mol. The van der Waals surface area contributed by atoms with E-state index in [0.717, 1.165) is 25.1 Å². The first-order valence-electron chi connectivity index (χ1n) is 7.57. The zero-order chi connectivity index (χ0) is 15.5. The molecular weight excluding hydrogens is 271 g/mol. The second kappa shape index (κ2) is 10.5. The number of methoxy groups -OCH3 is 1. The van der Waals surface area contributed by atoms with Gasteiger partial charge in [-0.2, -0.15) is 0 Å². The van der Waals surface area contributed by atoms with Crippen LogP contribution in [0.4, 0.5) is 10.1 Å². The third-order valence-corrected chi connectivity index (χ3v) is 3.37. The van der Waals surface area contributed by atoms with E-state index in [1.807, 2.05) is 6.07 Å². The Hall–Kier alpha value is -1.17. The number of ether oxygens (including phenoxy) is 1. The molecule has 2 N–H and O–H groups in total. The van der Waals surface area contributed by atoms with E-state index in [1.54, 1.807) is 13.2 Å². The zero-order valence-corrected chi connectivity index (χ0v) is 13.1. The van der Waals surface area contributed by atoms with E-state index in [-0.39, 0.29) is 12.4 Å². The van der Waals surface area contributed by atoms with Crippen molar-refractivity contribution in [3.8, 4) is 0 Å². The third kappa shape index (κ3) is 5.99. The molecule has 0 aliphatic carbocycles. The first-order valence-corrected chi connectivity index (χ1v) is 7.57. The molecule has 0 aliphatic heterocycles. The van der Waals surface area contributed by atoms with Gasteiger partial charge in [0.15, 0.2) is 0 Å². The van der Waals surface area contributed by atoms with E-state index >= 15 is 0 Å². The molecule has 1 rings (SSSR count). The number of nitrogens with zero attached hydrogens (tertiary/aromatic N) is 1. The van der Waals surface area contributed by atoms with Crippen LogP contribution in [0, 0.1) is 5.82 Å². The van der Waals surface area contributed by atoms with Crippen molar-refractivity contribution in [2.24, 2.45) is 0 Å². The molecule has 0 aromatic heterocycles. The van der Waals surface area contributed by atoms with Crippen LogP contribution in [0.25, 0.3) is 0 Å². The molecule has 0 aliphatic rings. The molecule has 0 bridgehead atoms. The molecule has 4 nitrogen and oxygen atoms in total. The molecule has 21 heavy (non-hydrogen) atoms. The number of rotatable bonds is 11. The van der Waals surface area contributed by atoms with Crippen LogP contribution < -0.4 is 10.2 Å². The van der Waals surface area contributed by atoms with Crippen molar-refractivity contribution in [3.05, 3.63) is 29.6 Å². The molecule has 0 spiro atoms. The highest BCUT2D eigenvalue weighted by atomic mass is 19.1. The lowest BCUT2D eigenvalue weighted by atomic mass is 10.1. The molecule has 0 saturated heterocycles. The Morgan fingerprint density at radius 2 is 2.14 bits per heavy atom. The molecule has 0 unspecified atom stereocenters. The van der Waals surface area contributed by atoms with E-state index < -0.39 is 0 Å². The van der Waals surface area contributed by atoms with Crippen molar-refractivity contribution >= 4 is 5.69 Å². The normalized spacial score (nSPS) is 10.9. The Morgan fingerprint density at radius 1 is 1.33 bits per heavy atom. The van der Waals surface area contributed by atoms with Gasteiger partial charge < -0.3 is 20.1 Å². The number of halogens is 1. The molecule has 5 heteroatoms. The summed E-state index contributed by atoms with van der Waals surface area (Å²) in [7, 11) is 1.64. The fourth-order valence-corrected chi connectivity index (χ4v) is 2.23. The van der Waals surface area contributed by atoms with Gasteiger partial charge in [-0.25, -0.2) is 4.39 Å². The van der Waals surface area contributed by atoms with E-state index in [4.69, 9.17) is 4.74 Å². The van der Waals surface area contributed by atoms with E-state index in [9.17, 15) is 9.50 Å². The third-order valence-electron chi connectivity index (χ3n) is 3.37. The van der Waals surface area contributed by atoms with Gasteiger partial charge >= 0.3 is 0 Å². The minimum absolute atomic E-state index is 0.0662. The molecule has 120 valence electrons. The topological polar surface area (TPSA) is 44.7 Å². The summed E-state index contributed by atoms with van der Waals surface area (Å²) >= 11 is 0. The highest BCUT2D eigenvalue weighted by Gasteiger charge is 2.14. The predicted molar refractivity (Wildman–Crippen MR) is 84.2 cm³/mol. The summed E-state index contributed by atoms with van der Waals surface area (Å²) in [5.74, 6) is -0.211. The number of hydrogen-bond donors (Lipinski definition) is 2. The van der Waals surface area contributed by atoms with Crippen molar-refractivity contribution < 1.29 is 14.2 Å². The maximum Gasteiger partial charge on any atom is 0.129 e. The zero-order valence-electron chi connectivity index (χ0n) is 13.1. The Morgan fingerprint density at radius 3 is 2.81 bits per heavy atom. The minimum Gasteiger partial charge on any atom is -0.395 e. The van der Waals surface area contributed by atoms with Crippen LogP contribution in [0.5, 0.6) is 0 Å². The molecular formula is C16H27FN2O2. The van der Waals surface area contributed by atoms with Crippen molar-refractivity contribution in [3.63, 3.8) is 0 Å². The van der Waals surface area contributed by atoms with Gasteiger partial charge in [0.25, 0.3) is 0 Å². The Labute approximate surface area is 126 Å². The molecule has 1 aromatic rings. The Bertz CT molecular complexity index is 402. The fraction of sp³-hybridized carbons (Fsp3) is 0.625. The SMILES string of the molecule is CCCCN(CCO)c1cccc(F)c1CNCCOC. The summed E-state index contributed by atoms with van der Waals surface area (Å²) in [5, 5.41) is 12.4. The lowest BCUT2D eigenvalue weighted by Crippen LogP contribution is -2.30. The second-order valence-electron chi connectivity index (χ2n) is 4.97. The molecule has 0 atom stereocenters. The van der Waals surface area contributed by atoms with E-state index in [0.29, 0.717) is 31.8 Å². The van der Waals surface area contributed by atoms with Gasteiger partial charge in [-0.15, -0.1) is 0 Å². The van der Waals surface area contributed by atoms with Crippen LogP contribution in [0.2, 0.25) is 0 Å². The van der Waals surface area contributed by atoms with Crippen molar-refractivity contribution in [2.75, 3.05) is 44.9 Å². The lowest BCUT2D eigenvalue weighted by molar-refractivity contribution is 0.199. The summed E-state index contributed by atoms with van der Waals surface area (Å²) < 4.78 is 19.1. The molecule has 0 heterocycles. The highest BCUT2D eigenvalue weighted by Crippen LogP contribution is 2.23. The predicted octanol–water partition coefficient (Wildman–Crippen LogP) is 2.16. The smallest absolute Gasteiger partial charge is 0.129 e. The quantitative estimate of drug-likeness (QED) is 0.615. The summed E-state index contributed by atoms with van der Waals surface area (Å²) in [6.07, 6.45) is 2.09. The second-order valence-corrected chi connectivity index (χ2v) is 4.97. The van der Waals surface area contributed by atoms with Crippen LogP contribution in [0.15, 0.2) is 18.2 Å². The maximum atomic E-state index is 14.1. The summed E-state index contributed by atoms with van der Waals surface area (Å²) in [5.41, 5.74) is 1.51. The average Bonchev–Trinajstić information content (AvgIpc) is 2.49. The van der Waals surface area contributed by atoms with Gasteiger partial charge in [-0.3, -0.25) is 0 Å². The van der Waals surface area contributed by atoms with Crippen molar-refractivity contribution in [1.29, 1.82) is 0 Å². The highest BCUT2D eigenvalue weighted by molar-refractivity contribution is 5.54. The molecule has 0 saturated carbocycles. The Kier molecular flexibility index (Phi) is 8.98. The van der Waals surface area contributed by atoms with Crippen LogP contribution in [-0.2, 0) is 11.3 Å². The number of nitrogens with one attached hydrogen (secondary N) is 1. The summed E-state index contributed by atoms with van der Waals surface area (Å²) in [6, 6.07) is 5.12. The van der Waals surface area contributed by atoms with Crippen LogP contribution in [0.3, 0.4) is 0 Å². The number of aliphatic hydroxyl groups excluding tert-OH is 1. The fourth-order valence-electron chi connectivity index (χ4n) is 2.23. The largest absolute Gasteiger partial charge is 0.395 e. The van der Waals surface area contributed by atoms with Crippen molar-refractivity contribution in [2.45, 2.75) is 26.3 Å². The van der Waals surface area contributed by atoms with Crippen LogP contribution >= 0.6 is 0 Å². The Balaban J connectivity index is 2.84.